The summed E-state index contributed by atoms with van der Waals surface area (Å²) in [6.45, 7) is 4.16. The van der Waals surface area contributed by atoms with E-state index < -0.39 is 0 Å². The van der Waals surface area contributed by atoms with E-state index in [1.165, 1.54) is 0 Å². The third kappa shape index (κ3) is 3.20. The van der Waals surface area contributed by atoms with Crippen molar-refractivity contribution in [1.82, 2.24) is 4.90 Å². The van der Waals surface area contributed by atoms with Crippen LogP contribution < -0.4 is 0 Å². The number of aliphatic imine (C=N–C) groups is 1. The first-order chi connectivity index (χ1) is 7.15. The van der Waals surface area contributed by atoms with Crippen molar-refractivity contribution in [2.24, 2.45) is 4.99 Å². The second-order valence-corrected chi connectivity index (χ2v) is 3.68. The van der Waals surface area contributed by atoms with Crippen LogP contribution in [0.15, 0.2) is 29.3 Å². The molecular weight excluding hydrogens is 188 g/mol. The van der Waals surface area contributed by atoms with Crippen LogP contribution in [0.5, 0.6) is 0 Å². The number of hydrogen-bond donors (Lipinski definition) is 0. The Labute approximate surface area is 90.4 Å². The Morgan fingerprint density at radius 2 is 2.00 bits per heavy atom. The second-order valence-electron chi connectivity index (χ2n) is 3.68. The van der Waals surface area contributed by atoms with E-state index >= 15 is 0 Å². The first-order valence-corrected chi connectivity index (χ1v) is 4.95. The zero-order chi connectivity index (χ0) is 11.3. The molecule has 1 aromatic carbocycles. The van der Waals surface area contributed by atoms with Crippen LogP contribution in [0.3, 0.4) is 0 Å². The number of carbonyl (C=O) groups excluding carboxylic acids is 1. The Morgan fingerprint density at radius 3 is 2.60 bits per heavy atom. The van der Waals surface area contributed by atoms with Crippen LogP contribution in [0, 0.1) is 0 Å². The van der Waals surface area contributed by atoms with Gasteiger partial charge in [0.05, 0.1) is 12.0 Å². The highest BCUT2D eigenvalue weighted by Gasteiger charge is 1.99. The number of para-hydroxylation sites is 1. The fourth-order valence-corrected chi connectivity index (χ4v) is 0.991. The van der Waals surface area contributed by atoms with Gasteiger partial charge in [-0.15, -0.1) is 0 Å². The lowest BCUT2D eigenvalue weighted by atomic mass is 10.2. The van der Waals surface area contributed by atoms with Crippen molar-refractivity contribution >= 4 is 18.3 Å². The van der Waals surface area contributed by atoms with Gasteiger partial charge in [-0.1, -0.05) is 12.1 Å². The topological polar surface area (TPSA) is 32.7 Å². The molecule has 3 heteroatoms. The first-order valence-electron chi connectivity index (χ1n) is 4.95. The molecule has 0 fully saturated rings. The van der Waals surface area contributed by atoms with Gasteiger partial charge in [-0.3, -0.25) is 4.79 Å². The van der Waals surface area contributed by atoms with Gasteiger partial charge in [-0.05, 0) is 26.0 Å². The van der Waals surface area contributed by atoms with Crippen molar-refractivity contribution in [3.63, 3.8) is 0 Å². The molecule has 0 saturated heterocycles. The Morgan fingerprint density at radius 1 is 1.33 bits per heavy atom. The molecule has 0 aliphatic heterocycles. The van der Waals surface area contributed by atoms with E-state index in [0.717, 1.165) is 6.29 Å². The summed E-state index contributed by atoms with van der Waals surface area (Å²) in [4.78, 5) is 17.0. The maximum Gasteiger partial charge on any atom is 0.152 e. The molecule has 0 saturated carbocycles. The molecule has 0 heterocycles. The molecule has 80 valence electrons. The van der Waals surface area contributed by atoms with E-state index in [-0.39, 0.29) is 0 Å². The van der Waals surface area contributed by atoms with E-state index in [1.807, 2.05) is 30.1 Å². The van der Waals surface area contributed by atoms with Gasteiger partial charge in [0.25, 0.3) is 0 Å². The first kappa shape index (κ1) is 11.4. The lowest BCUT2D eigenvalue weighted by Gasteiger charge is -2.17. The zero-order valence-electron chi connectivity index (χ0n) is 9.34. The van der Waals surface area contributed by atoms with Crippen LogP contribution in [0.1, 0.15) is 24.2 Å². The molecule has 0 amide bonds. The summed E-state index contributed by atoms with van der Waals surface area (Å²) in [5.41, 5.74) is 1.32. The Balaban J connectivity index is 2.84. The minimum absolute atomic E-state index is 0.400. The highest BCUT2D eigenvalue weighted by Crippen LogP contribution is 2.15. The third-order valence-corrected chi connectivity index (χ3v) is 2.26. The van der Waals surface area contributed by atoms with E-state index in [1.54, 1.807) is 12.4 Å². The summed E-state index contributed by atoms with van der Waals surface area (Å²) in [6.07, 6.45) is 2.56. The largest absolute Gasteiger partial charge is 0.363 e. The number of carbonyl (C=O) groups is 1. The van der Waals surface area contributed by atoms with Gasteiger partial charge in [0, 0.05) is 18.7 Å². The summed E-state index contributed by atoms with van der Waals surface area (Å²) in [5.74, 6) is 0. The Hall–Kier alpha value is -1.64. The van der Waals surface area contributed by atoms with E-state index in [4.69, 9.17) is 0 Å². The molecule has 0 bridgehead atoms. The standard InChI is InChI=1S/C12H16N2O/c1-10(2)14(3)9-13-12-7-5-4-6-11(12)8-15/h4-10H,1-3H3/b13-9-. The molecule has 0 atom stereocenters. The molecule has 1 rings (SSSR count). The van der Waals surface area contributed by atoms with Crippen molar-refractivity contribution < 1.29 is 4.79 Å². The minimum Gasteiger partial charge on any atom is -0.363 e. The van der Waals surface area contributed by atoms with Crippen LogP contribution in [0.25, 0.3) is 0 Å². The van der Waals surface area contributed by atoms with E-state index in [9.17, 15) is 4.79 Å². The van der Waals surface area contributed by atoms with Crippen molar-refractivity contribution in [1.29, 1.82) is 0 Å². The molecule has 3 nitrogen and oxygen atoms in total. The predicted octanol–water partition coefficient (Wildman–Crippen LogP) is 2.50. The molecule has 1 aromatic rings. The SMILES string of the molecule is CC(C)N(C)/C=N\c1ccccc1C=O. The third-order valence-electron chi connectivity index (χ3n) is 2.26. The quantitative estimate of drug-likeness (QED) is 0.429. The molecule has 0 N–H and O–H groups in total. The van der Waals surface area contributed by atoms with Crippen molar-refractivity contribution in [3.05, 3.63) is 29.8 Å². The fraction of sp³-hybridized carbons (Fsp3) is 0.333. The molecule has 0 aromatic heterocycles. The summed E-state index contributed by atoms with van der Waals surface area (Å²) < 4.78 is 0. The van der Waals surface area contributed by atoms with Gasteiger partial charge in [0.15, 0.2) is 6.29 Å². The molecule has 0 unspecified atom stereocenters. The van der Waals surface area contributed by atoms with Crippen molar-refractivity contribution in [2.75, 3.05) is 7.05 Å². The molecule has 15 heavy (non-hydrogen) atoms. The Kier molecular flexibility index (Phi) is 4.03. The molecule has 0 radical (unpaired) electrons. The maximum absolute atomic E-state index is 10.7. The summed E-state index contributed by atoms with van der Waals surface area (Å²) in [6, 6.07) is 7.69. The van der Waals surface area contributed by atoms with Gasteiger partial charge < -0.3 is 4.90 Å². The van der Waals surface area contributed by atoms with Crippen LogP contribution >= 0.6 is 0 Å². The molecule has 0 spiro atoms. The second kappa shape index (κ2) is 5.29. The maximum atomic E-state index is 10.7. The minimum atomic E-state index is 0.400. The van der Waals surface area contributed by atoms with Crippen LogP contribution in [0.2, 0.25) is 0 Å². The van der Waals surface area contributed by atoms with Crippen molar-refractivity contribution in [3.8, 4) is 0 Å². The van der Waals surface area contributed by atoms with Crippen molar-refractivity contribution in [2.45, 2.75) is 19.9 Å². The summed E-state index contributed by atoms with van der Waals surface area (Å²) >= 11 is 0. The smallest absolute Gasteiger partial charge is 0.152 e. The predicted molar refractivity (Wildman–Crippen MR) is 62.9 cm³/mol. The average Bonchev–Trinajstić information content (AvgIpc) is 2.26. The normalized spacial score (nSPS) is 10.9. The summed E-state index contributed by atoms with van der Waals surface area (Å²) in [7, 11) is 1.96. The van der Waals surface area contributed by atoms with Gasteiger partial charge in [-0.25, -0.2) is 4.99 Å². The number of benzene rings is 1. The number of aldehydes is 1. The lowest BCUT2D eigenvalue weighted by Crippen LogP contribution is -2.24. The number of nitrogens with zero attached hydrogens (tertiary/aromatic N) is 2. The lowest BCUT2D eigenvalue weighted by molar-refractivity contribution is 0.112. The number of rotatable bonds is 4. The van der Waals surface area contributed by atoms with Gasteiger partial charge in [-0.2, -0.15) is 0 Å². The van der Waals surface area contributed by atoms with Crippen LogP contribution in [-0.2, 0) is 0 Å². The fourth-order valence-electron chi connectivity index (χ4n) is 0.991. The molecule has 0 aliphatic rings. The van der Waals surface area contributed by atoms with Crippen LogP contribution in [0.4, 0.5) is 5.69 Å². The Bertz CT molecular complexity index is 358. The van der Waals surface area contributed by atoms with E-state index in [2.05, 4.69) is 18.8 Å². The van der Waals surface area contributed by atoms with Gasteiger partial charge in [0.2, 0.25) is 0 Å². The number of hydrogen-bond acceptors (Lipinski definition) is 2. The zero-order valence-corrected chi connectivity index (χ0v) is 9.34. The highest BCUT2D eigenvalue weighted by atomic mass is 16.1. The van der Waals surface area contributed by atoms with E-state index in [0.29, 0.717) is 17.3 Å². The molecule has 0 aliphatic carbocycles. The summed E-state index contributed by atoms with van der Waals surface area (Å²) in [5, 5.41) is 0. The average molecular weight is 204 g/mol. The van der Waals surface area contributed by atoms with Gasteiger partial charge >= 0.3 is 0 Å². The molecular formula is C12H16N2O. The van der Waals surface area contributed by atoms with Gasteiger partial charge in [0.1, 0.15) is 0 Å². The monoisotopic (exact) mass is 204 g/mol. The van der Waals surface area contributed by atoms with Crippen LogP contribution in [-0.4, -0.2) is 30.6 Å². The highest BCUT2D eigenvalue weighted by molar-refractivity contribution is 5.84.